The summed E-state index contributed by atoms with van der Waals surface area (Å²) in [7, 11) is 0. The van der Waals surface area contributed by atoms with Crippen molar-refractivity contribution in [2.45, 2.75) is 19.8 Å². The minimum atomic E-state index is -0.325. The van der Waals surface area contributed by atoms with Gasteiger partial charge in [0.25, 0.3) is 0 Å². The fraction of sp³-hybridized carbons (Fsp3) is 0.611. The van der Waals surface area contributed by atoms with Gasteiger partial charge in [-0.15, -0.1) is 0 Å². The van der Waals surface area contributed by atoms with Crippen LogP contribution in [0.3, 0.4) is 0 Å². The van der Waals surface area contributed by atoms with Crippen molar-refractivity contribution >= 4 is 17.5 Å². The van der Waals surface area contributed by atoms with E-state index in [9.17, 15) is 9.59 Å². The number of aromatic nitrogens is 1. The first kappa shape index (κ1) is 17.7. The second-order valence-corrected chi connectivity index (χ2v) is 7.02. The van der Waals surface area contributed by atoms with Gasteiger partial charge >= 0.3 is 0 Å². The number of rotatable bonds is 4. The number of anilines is 1. The Bertz CT molecular complexity index is 628. The van der Waals surface area contributed by atoms with Crippen molar-refractivity contribution in [3.05, 3.63) is 24.0 Å². The number of carbonyl (C=O) groups excluding carboxylic acids is 2. The van der Waals surface area contributed by atoms with Gasteiger partial charge < -0.3 is 15.5 Å². The van der Waals surface area contributed by atoms with E-state index in [1.165, 1.54) is 5.69 Å². The lowest BCUT2D eigenvalue weighted by molar-refractivity contribution is -0.138. The van der Waals surface area contributed by atoms with Crippen LogP contribution in [0.25, 0.3) is 0 Å². The second kappa shape index (κ2) is 7.82. The van der Waals surface area contributed by atoms with E-state index >= 15 is 0 Å². The first-order valence-corrected chi connectivity index (χ1v) is 8.99. The Labute approximate surface area is 148 Å². The molecule has 0 saturated carbocycles. The number of aryl methyl sites for hydroxylation is 1. The summed E-state index contributed by atoms with van der Waals surface area (Å²) in [5.74, 6) is -0.114. The average Bonchev–Trinajstić information content (AvgIpc) is 2.61. The molecule has 7 heteroatoms. The number of primary amides is 1. The van der Waals surface area contributed by atoms with E-state index in [1.54, 1.807) is 0 Å². The third kappa shape index (κ3) is 4.28. The smallest absolute Gasteiger partial charge is 0.231 e. The predicted octanol–water partition coefficient (Wildman–Crippen LogP) is 0.236. The Morgan fingerprint density at radius 1 is 1.24 bits per heavy atom. The highest BCUT2D eigenvalue weighted by Crippen LogP contribution is 2.22. The molecule has 0 unspecified atom stereocenters. The lowest BCUT2D eigenvalue weighted by atomic mass is 9.96. The molecule has 3 rings (SSSR count). The molecule has 2 amide bonds. The SMILES string of the molecule is Cc1cnccc1N1CCN(C(=O)[C@H]2CCCN(CC(N)=O)C2)CC1. The Morgan fingerprint density at radius 3 is 2.68 bits per heavy atom. The molecular weight excluding hydrogens is 318 g/mol. The van der Waals surface area contributed by atoms with Crippen LogP contribution in [0.15, 0.2) is 18.5 Å². The Kier molecular flexibility index (Phi) is 5.53. The Hall–Kier alpha value is -2.15. The van der Waals surface area contributed by atoms with E-state index in [-0.39, 0.29) is 24.3 Å². The molecule has 0 radical (unpaired) electrons. The lowest BCUT2D eigenvalue weighted by Crippen LogP contribution is -2.53. The summed E-state index contributed by atoms with van der Waals surface area (Å²) in [6, 6.07) is 2.04. The molecule has 3 heterocycles. The van der Waals surface area contributed by atoms with E-state index < -0.39 is 0 Å². The number of likely N-dealkylation sites (tertiary alicyclic amines) is 1. The van der Waals surface area contributed by atoms with Crippen LogP contribution in [0.1, 0.15) is 18.4 Å². The lowest BCUT2D eigenvalue weighted by Gasteiger charge is -2.39. The zero-order valence-electron chi connectivity index (χ0n) is 14.9. The molecule has 2 aliphatic rings. The molecule has 136 valence electrons. The van der Waals surface area contributed by atoms with Gasteiger partial charge in [-0.1, -0.05) is 0 Å². The number of nitrogens with two attached hydrogens (primary N) is 1. The van der Waals surface area contributed by atoms with Crippen molar-refractivity contribution in [2.24, 2.45) is 11.7 Å². The largest absolute Gasteiger partial charge is 0.369 e. The maximum atomic E-state index is 12.8. The highest BCUT2D eigenvalue weighted by atomic mass is 16.2. The first-order chi connectivity index (χ1) is 12.0. The second-order valence-electron chi connectivity index (χ2n) is 7.02. The zero-order valence-corrected chi connectivity index (χ0v) is 14.9. The van der Waals surface area contributed by atoms with Crippen LogP contribution in [-0.4, -0.2) is 72.4 Å². The molecule has 0 spiro atoms. The van der Waals surface area contributed by atoms with Crippen LogP contribution >= 0.6 is 0 Å². The van der Waals surface area contributed by atoms with Gasteiger partial charge in [0.2, 0.25) is 11.8 Å². The first-order valence-electron chi connectivity index (χ1n) is 8.99. The zero-order chi connectivity index (χ0) is 17.8. The van der Waals surface area contributed by atoms with E-state index in [2.05, 4.69) is 16.8 Å². The van der Waals surface area contributed by atoms with Crippen molar-refractivity contribution in [1.82, 2.24) is 14.8 Å². The molecule has 0 bridgehead atoms. The molecule has 2 fully saturated rings. The number of piperazine rings is 1. The monoisotopic (exact) mass is 345 g/mol. The summed E-state index contributed by atoms with van der Waals surface area (Å²) in [4.78, 5) is 34.4. The third-order valence-corrected chi connectivity index (χ3v) is 5.16. The molecule has 2 N–H and O–H groups in total. The molecule has 2 aliphatic heterocycles. The van der Waals surface area contributed by atoms with Crippen molar-refractivity contribution < 1.29 is 9.59 Å². The van der Waals surface area contributed by atoms with Crippen LogP contribution in [0, 0.1) is 12.8 Å². The molecule has 1 aromatic rings. The minimum Gasteiger partial charge on any atom is -0.369 e. The van der Waals surface area contributed by atoms with Crippen LogP contribution in [-0.2, 0) is 9.59 Å². The van der Waals surface area contributed by atoms with E-state index in [4.69, 9.17) is 5.73 Å². The summed E-state index contributed by atoms with van der Waals surface area (Å²) >= 11 is 0. The van der Waals surface area contributed by atoms with Crippen molar-refractivity contribution in [1.29, 1.82) is 0 Å². The van der Waals surface area contributed by atoms with E-state index in [0.717, 1.165) is 51.1 Å². The standard InChI is InChI=1S/C18H27N5O2/c1-14-11-20-5-4-16(14)22-7-9-23(10-8-22)18(25)15-3-2-6-21(12-15)13-17(19)24/h4-5,11,15H,2-3,6-10,12-13H2,1H3,(H2,19,24)/t15-/m0/s1. The molecule has 7 nitrogen and oxygen atoms in total. The fourth-order valence-corrected chi connectivity index (χ4v) is 3.87. The molecular formula is C18H27N5O2. The molecule has 1 aromatic heterocycles. The van der Waals surface area contributed by atoms with Gasteiger partial charge in [0.1, 0.15) is 0 Å². The average molecular weight is 345 g/mol. The van der Waals surface area contributed by atoms with Crippen LogP contribution < -0.4 is 10.6 Å². The fourth-order valence-electron chi connectivity index (χ4n) is 3.87. The summed E-state index contributed by atoms with van der Waals surface area (Å²) in [5, 5.41) is 0. The topological polar surface area (TPSA) is 82.8 Å². The summed E-state index contributed by atoms with van der Waals surface area (Å²) < 4.78 is 0. The van der Waals surface area contributed by atoms with E-state index in [0.29, 0.717) is 6.54 Å². The number of amides is 2. The Morgan fingerprint density at radius 2 is 2.00 bits per heavy atom. The number of nitrogens with zero attached hydrogens (tertiary/aromatic N) is 4. The molecule has 1 atom stereocenters. The molecule has 25 heavy (non-hydrogen) atoms. The van der Waals surface area contributed by atoms with Crippen molar-refractivity contribution in [3.63, 3.8) is 0 Å². The summed E-state index contributed by atoms with van der Waals surface area (Å²) in [6.45, 7) is 6.98. The highest BCUT2D eigenvalue weighted by Gasteiger charge is 2.31. The van der Waals surface area contributed by atoms with Gasteiger partial charge in [-0.05, 0) is 37.9 Å². The molecule has 2 saturated heterocycles. The van der Waals surface area contributed by atoms with Crippen molar-refractivity contribution in [2.75, 3.05) is 50.7 Å². The van der Waals surface area contributed by atoms with Gasteiger partial charge in [-0.25, -0.2) is 0 Å². The number of hydrogen-bond acceptors (Lipinski definition) is 5. The Balaban J connectivity index is 1.54. The quantitative estimate of drug-likeness (QED) is 0.845. The molecule has 0 aliphatic carbocycles. The third-order valence-electron chi connectivity index (χ3n) is 5.16. The van der Waals surface area contributed by atoms with E-state index in [1.807, 2.05) is 28.3 Å². The summed E-state index contributed by atoms with van der Waals surface area (Å²) in [5.41, 5.74) is 7.65. The number of hydrogen-bond donors (Lipinski definition) is 1. The van der Waals surface area contributed by atoms with Gasteiger partial charge in [-0.3, -0.25) is 19.5 Å². The number of carbonyl (C=O) groups is 2. The summed E-state index contributed by atoms with van der Waals surface area (Å²) in [6.07, 6.45) is 5.54. The number of piperidine rings is 1. The van der Waals surface area contributed by atoms with Crippen molar-refractivity contribution in [3.8, 4) is 0 Å². The van der Waals surface area contributed by atoms with Gasteiger partial charge in [0, 0.05) is 50.8 Å². The van der Waals surface area contributed by atoms with Crippen LogP contribution in [0.2, 0.25) is 0 Å². The maximum absolute atomic E-state index is 12.8. The molecule has 0 aromatic carbocycles. The predicted molar refractivity (Wildman–Crippen MR) is 96.1 cm³/mol. The number of pyridine rings is 1. The van der Waals surface area contributed by atoms with Crippen LogP contribution in [0.4, 0.5) is 5.69 Å². The van der Waals surface area contributed by atoms with Gasteiger partial charge in [0.15, 0.2) is 0 Å². The minimum absolute atomic E-state index is 0.0117. The highest BCUT2D eigenvalue weighted by molar-refractivity contribution is 5.80. The van der Waals surface area contributed by atoms with Gasteiger partial charge in [-0.2, -0.15) is 0 Å². The van der Waals surface area contributed by atoms with Crippen LogP contribution in [0.5, 0.6) is 0 Å². The van der Waals surface area contributed by atoms with Gasteiger partial charge in [0.05, 0.1) is 12.5 Å². The maximum Gasteiger partial charge on any atom is 0.231 e. The normalized spacial score (nSPS) is 22.0.